The van der Waals surface area contributed by atoms with E-state index in [1.54, 1.807) is 12.3 Å². The Morgan fingerprint density at radius 1 is 1.45 bits per heavy atom. The van der Waals surface area contributed by atoms with Gasteiger partial charge in [0, 0.05) is 24.5 Å². The summed E-state index contributed by atoms with van der Waals surface area (Å²) in [5.41, 5.74) is 1.42. The molecular weight excluding hydrogens is 270 g/mol. The number of rotatable bonds is 9. The third-order valence-corrected chi connectivity index (χ3v) is 3.78. The highest BCUT2D eigenvalue weighted by Gasteiger charge is 2.11. The highest BCUT2D eigenvalue weighted by molar-refractivity contribution is 7.99. The highest BCUT2D eigenvalue weighted by atomic mass is 32.2. The maximum absolute atomic E-state index is 12.1. The van der Waals surface area contributed by atoms with Gasteiger partial charge >= 0.3 is 0 Å². The van der Waals surface area contributed by atoms with Gasteiger partial charge in [0.05, 0.1) is 0 Å². The van der Waals surface area contributed by atoms with Crippen LogP contribution in [-0.2, 0) is 0 Å². The third kappa shape index (κ3) is 6.28. The summed E-state index contributed by atoms with van der Waals surface area (Å²) < 4.78 is 0. The monoisotopic (exact) mass is 295 g/mol. The number of hydrogen-bond donors (Lipinski definition) is 2. The van der Waals surface area contributed by atoms with E-state index < -0.39 is 0 Å². The number of carbonyl (C=O) groups is 1. The number of thioether (sulfide) groups is 1. The second-order valence-corrected chi connectivity index (χ2v) is 6.11. The number of aromatic nitrogens is 1. The van der Waals surface area contributed by atoms with Crippen molar-refractivity contribution in [2.24, 2.45) is 0 Å². The molecule has 0 aliphatic rings. The van der Waals surface area contributed by atoms with Crippen molar-refractivity contribution in [2.45, 2.75) is 39.7 Å². The van der Waals surface area contributed by atoms with Crippen LogP contribution in [0.4, 0.5) is 5.69 Å². The third-order valence-electron chi connectivity index (χ3n) is 2.85. The Morgan fingerprint density at radius 2 is 2.25 bits per heavy atom. The van der Waals surface area contributed by atoms with Crippen LogP contribution in [0, 0.1) is 0 Å². The summed E-state index contributed by atoms with van der Waals surface area (Å²) in [4.78, 5) is 16.2. The topological polar surface area (TPSA) is 54.0 Å². The molecule has 112 valence electrons. The van der Waals surface area contributed by atoms with Gasteiger partial charge in [0.25, 0.3) is 5.91 Å². The van der Waals surface area contributed by atoms with Crippen molar-refractivity contribution >= 4 is 23.4 Å². The van der Waals surface area contributed by atoms with Crippen LogP contribution in [0.2, 0.25) is 0 Å². The van der Waals surface area contributed by atoms with Gasteiger partial charge in [-0.25, -0.2) is 0 Å². The molecule has 0 bridgehead atoms. The number of nitrogens with one attached hydrogen (secondary N) is 2. The minimum Gasteiger partial charge on any atom is -0.385 e. The van der Waals surface area contributed by atoms with Crippen molar-refractivity contribution in [1.82, 2.24) is 10.3 Å². The van der Waals surface area contributed by atoms with Crippen LogP contribution in [-0.4, -0.2) is 35.0 Å². The Balaban J connectivity index is 2.49. The number of anilines is 1. The number of hydrogen-bond acceptors (Lipinski definition) is 4. The summed E-state index contributed by atoms with van der Waals surface area (Å²) in [6.07, 6.45) is 3.71. The van der Waals surface area contributed by atoms with Crippen LogP contribution < -0.4 is 10.6 Å². The van der Waals surface area contributed by atoms with E-state index in [1.165, 1.54) is 0 Å². The molecule has 0 saturated heterocycles. The van der Waals surface area contributed by atoms with Gasteiger partial charge in [-0.2, -0.15) is 11.8 Å². The number of nitrogens with zero attached hydrogens (tertiary/aromatic N) is 1. The Morgan fingerprint density at radius 3 is 2.95 bits per heavy atom. The molecule has 0 aliphatic carbocycles. The first-order valence-corrected chi connectivity index (χ1v) is 8.41. The number of carbonyl (C=O) groups excluding carboxylic acids is 1. The van der Waals surface area contributed by atoms with E-state index in [0.717, 1.165) is 36.6 Å². The van der Waals surface area contributed by atoms with Gasteiger partial charge in [0.1, 0.15) is 5.69 Å². The standard InChI is InChI=1S/C15H25N3OS/c1-4-8-16-13-6-9-17-14(11-13)15(19)18-12(3)7-10-20-5-2/h6,9,11-12H,4-5,7-8,10H2,1-3H3,(H,16,17)(H,18,19). The van der Waals surface area contributed by atoms with E-state index in [9.17, 15) is 4.79 Å². The minimum atomic E-state index is -0.0980. The quantitative estimate of drug-likeness (QED) is 0.687. The van der Waals surface area contributed by atoms with E-state index in [-0.39, 0.29) is 11.9 Å². The molecule has 0 aliphatic heterocycles. The second kappa shape index (κ2) is 9.64. The predicted molar refractivity (Wildman–Crippen MR) is 87.6 cm³/mol. The van der Waals surface area contributed by atoms with Crippen molar-refractivity contribution in [3.63, 3.8) is 0 Å². The van der Waals surface area contributed by atoms with E-state index in [2.05, 4.69) is 29.5 Å². The van der Waals surface area contributed by atoms with Gasteiger partial charge in [-0.3, -0.25) is 9.78 Å². The molecule has 4 nitrogen and oxygen atoms in total. The predicted octanol–water partition coefficient (Wildman–Crippen LogP) is 3.17. The zero-order valence-electron chi connectivity index (χ0n) is 12.6. The molecule has 1 aromatic rings. The van der Waals surface area contributed by atoms with E-state index in [0.29, 0.717) is 5.69 Å². The Kier molecular flexibility index (Phi) is 8.11. The van der Waals surface area contributed by atoms with E-state index >= 15 is 0 Å². The molecule has 1 heterocycles. The number of amides is 1. The number of pyridine rings is 1. The molecule has 0 radical (unpaired) electrons. The summed E-state index contributed by atoms with van der Waals surface area (Å²) in [5.74, 6) is 2.09. The first-order valence-electron chi connectivity index (χ1n) is 7.25. The lowest BCUT2D eigenvalue weighted by atomic mass is 10.2. The zero-order chi connectivity index (χ0) is 14.8. The zero-order valence-corrected chi connectivity index (χ0v) is 13.4. The summed E-state index contributed by atoms with van der Waals surface area (Å²) in [6.45, 7) is 7.19. The molecule has 0 saturated carbocycles. The van der Waals surface area contributed by atoms with Gasteiger partial charge in [0.15, 0.2) is 0 Å². The fraction of sp³-hybridized carbons (Fsp3) is 0.600. The minimum absolute atomic E-state index is 0.0980. The molecule has 1 aromatic heterocycles. The van der Waals surface area contributed by atoms with Crippen LogP contribution in [0.25, 0.3) is 0 Å². The Bertz CT molecular complexity index is 412. The Hall–Kier alpha value is -1.23. The summed E-state index contributed by atoms with van der Waals surface area (Å²) in [5, 5.41) is 6.26. The fourth-order valence-electron chi connectivity index (χ4n) is 1.71. The average Bonchev–Trinajstić information content (AvgIpc) is 2.45. The van der Waals surface area contributed by atoms with Gasteiger partial charge in [-0.15, -0.1) is 0 Å². The van der Waals surface area contributed by atoms with Gasteiger partial charge in [-0.1, -0.05) is 13.8 Å². The first kappa shape index (κ1) is 16.8. The first-order chi connectivity index (χ1) is 9.67. The summed E-state index contributed by atoms with van der Waals surface area (Å²) in [7, 11) is 0. The molecule has 2 N–H and O–H groups in total. The van der Waals surface area contributed by atoms with Crippen LogP contribution >= 0.6 is 11.8 Å². The largest absolute Gasteiger partial charge is 0.385 e. The van der Waals surface area contributed by atoms with Gasteiger partial charge < -0.3 is 10.6 Å². The molecule has 1 amide bonds. The van der Waals surface area contributed by atoms with E-state index in [4.69, 9.17) is 0 Å². The van der Waals surface area contributed by atoms with Crippen molar-refractivity contribution < 1.29 is 4.79 Å². The lowest BCUT2D eigenvalue weighted by molar-refractivity contribution is 0.0934. The van der Waals surface area contributed by atoms with Crippen molar-refractivity contribution in [3.8, 4) is 0 Å². The average molecular weight is 295 g/mol. The Labute approximate surface area is 126 Å². The lowest BCUT2D eigenvalue weighted by Crippen LogP contribution is -2.33. The molecule has 0 aromatic carbocycles. The van der Waals surface area contributed by atoms with E-state index in [1.807, 2.05) is 24.8 Å². The second-order valence-electron chi connectivity index (χ2n) is 4.72. The molecule has 1 atom stereocenters. The maximum Gasteiger partial charge on any atom is 0.270 e. The molecule has 0 spiro atoms. The van der Waals surface area contributed by atoms with Crippen molar-refractivity contribution in [1.29, 1.82) is 0 Å². The van der Waals surface area contributed by atoms with Gasteiger partial charge in [0.2, 0.25) is 0 Å². The summed E-state index contributed by atoms with van der Waals surface area (Å²) >= 11 is 1.89. The van der Waals surface area contributed by atoms with Crippen LogP contribution in [0.1, 0.15) is 44.1 Å². The van der Waals surface area contributed by atoms with Crippen LogP contribution in [0.3, 0.4) is 0 Å². The molecule has 1 unspecified atom stereocenters. The molecule has 20 heavy (non-hydrogen) atoms. The normalized spacial score (nSPS) is 11.9. The summed E-state index contributed by atoms with van der Waals surface area (Å²) in [6, 6.07) is 3.86. The maximum atomic E-state index is 12.1. The molecule has 1 rings (SSSR count). The lowest BCUT2D eigenvalue weighted by Gasteiger charge is -2.13. The van der Waals surface area contributed by atoms with Crippen LogP contribution in [0.15, 0.2) is 18.3 Å². The highest BCUT2D eigenvalue weighted by Crippen LogP contribution is 2.09. The molecule has 5 heteroatoms. The SMILES string of the molecule is CCCNc1ccnc(C(=O)NC(C)CCSCC)c1. The van der Waals surface area contributed by atoms with Crippen molar-refractivity contribution in [2.75, 3.05) is 23.4 Å². The van der Waals surface area contributed by atoms with Crippen LogP contribution in [0.5, 0.6) is 0 Å². The molecule has 0 fully saturated rings. The smallest absolute Gasteiger partial charge is 0.270 e. The van der Waals surface area contributed by atoms with Crippen molar-refractivity contribution in [3.05, 3.63) is 24.0 Å². The molecular formula is C15H25N3OS. The fourth-order valence-corrected chi connectivity index (χ4v) is 2.52. The van der Waals surface area contributed by atoms with Gasteiger partial charge in [-0.05, 0) is 43.4 Å².